The normalized spacial score (nSPS) is 13.3. The maximum Gasteiger partial charge on any atom is 0.253 e. The molecule has 3 amide bonds. The van der Waals surface area contributed by atoms with Gasteiger partial charge in [-0.25, -0.2) is 0 Å². The summed E-state index contributed by atoms with van der Waals surface area (Å²) in [6.45, 7) is 0.196. The van der Waals surface area contributed by atoms with Crippen LogP contribution >= 0.6 is 0 Å². The van der Waals surface area contributed by atoms with Gasteiger partial charge in [-0.3, -0.25) is 14.4 Å². The van der Waals surface area contributed by atoms with Crippen molar-refractivity contribution in [2.75, 3.05) is 17.2 Å². The summed E-state index contributed by atoms with van der Waals surface area (Å²) in [6.07, 6.45) is 5.76. The Hall–Kier alpha value is -4.07. The molecule has 1 fully saturated rings. The van der Waals surface area contributed by atoms with Crippen LogP contribution in [0.2, 0.25) is 0 Å². The fraction of sp³-hybridized carbons (Fsp3) is 0.269. The molecule has 1 aliphatic carbocycles. The lowest BCUT2D eigenvalue weighted by molar-refractivity contribution is -0.114. The van der Waals surface area contributed by atoms with Gasteiger partial charge >= 0.3 is 0 Å². The Morgan fingerprint density at radius 3 is 2.21 bits per heavy atom. The highest BCUT2D eigenvalue weighted by atomic mass is 16.3. The summed E-state index contributed by atoms with van der Waals surface area (Å²) in [4.78, 5) is 38.0. The van der Waals surface area contributed by atoms with Gasteiger partial charge in [-0.15, -0.1) is 0 Å². The zero-order valence-corrected chi connectivity index (χ0v) is 18.8. The van der Waals surface area contributed by atoms with Crippen molar-refractivity contribution in [1.29, 1.82) is 0 Å². The van der Waals surface area contributed by atoms with Crippen LogP contribution in [0.25, 0.3) is 0 Å². The number of furan rings is 1. The molecule has 0 saturated heterocycles. The van der Waals surface area contributed by atoms with E-state index in [0.717, 1.165) is 25.7 Å². The van der Waals surface area contributed by atoms with Crippen molar-refractivity contribution in [3.63, 3.8) is 0 Å². The van der Waals surface area contributed by atoms with E-state index < -0.39 is 0 Å². The quantitative estimate of drug-likeness (QED) is 0.387. The van der Waals surface area contributed by atoms with Crippen LogP contribution in [-0.4, -0.2) is 30.3 Å². The summed E-state index contributed by atoms with van der Waals surface area (Å²) in [5.41, 5.74) is 1.83. The Morgan fingerprint density at radius 2 is 1.50 bits per heavy atom. The first-order valence-electron chi connectivity index (χ1n) is 11.4. The molecule has 8 nitrogen and oxygen atoms in total. The molecule has 1 heterocycles. The van der Waals surface area contributed by atoms with Crippen molar-refractivity contribution in [1.82, 2.24) is 10.6 Å². The molecule has 0 aliphatic heterocycles. The van der Waals surface area contributed by atoms with Gasteiger partial charge in [0.05, 0.1) is 36.2 Å². The molecule has 8 heteroatoms. The number of carbonyl (C=O) groups is 3. The largest absolute Gasteiger partial charge is 0.467 e. The molecule has 4 N–H and O–H groups in total. The van der Waals surface area contributed by atoms with E-state index in [1.54, 1.807) is 66.9 Å². The zero-order chi connectivity index (χ0) is 23.8. The summed E-state index contributed by atoms with van der Waals surface area (Å²) in [7, 11) is 0. The molecular formula is C26H28N4O4. The van der Waals surface area contributed by atoms with Gasteiger partial charge in [0, 0.05) is 11.7 Å². The standard InChI is InChI=1S/C26H28N4O4/c31-24(30-23-14-6-4-12-21(23)26(33)29-18-8-1-2-9-18)17-27-22-13-5-3-11-20(22)25(32)28-16-19-10-7-15-34-19/h3-7,10-15,18,27H,1-2,8-9,16-17H2,(H,28,32)(H,29,33)(H,30,31). The van der Waals surface area contributed by atoms with Crippen molar-refractivity contribution in [2.45, 2.75) is 38.3 Å². The summed E-state index contributed by atoms with van der Waals surface area (Å²) >= 11 is 0. The second-order valence-electron chi connectivity index (χ2n) is 8.21. The Kier molecular flexibility index (Phi) is 7.60. The van der Waals surface area contributed by atoms with E-state index in [-0.39, 0.29) is 36.9 Å². The maximum absolute atomic E-state index is 12.7. The molecule has 0 radical (unpaired) electrons. The van der Waals surface area contributed by atoms with Gasteiger partial charge in [-0.1, -0.05) is 37.1 Å². The Balaban J connectivity index is 1.35. The molecule has 2 aromatic carbocycles. The van der Waals surface area contributed by atoms with Crippen molar-refractivity contribution in [3.8, 4) is 0 Å². The minimum absolute atomic E-state index is 0.0684. The van der Waals surface area contributed by atoms with Crippen molar-refractivity contribution < 1.29 is 18.8 Å². The van der Waals surface area contributed by atoms with Crippen LogP contribution in [0, 0.1) is 0 Å². The van der Waals surface area contributed by atoms with Gasteiger partial charge in [-0.2, -0.15) is 0 Å². The minimum Gasteiger partial charge on any atom is -0.467 e. The first-order chi connectivity index (χ1) is 16.6. The topological polar surface area (TPSA) is 112 Å². The molecule has 34 heavy (non-hydrogen) atoms. The van der Waals surface area contributed by atoms with E-state index in [9.17, 15) is 14.4 Å². The van der Waals surface area contributed by atoms with Crippen LogP contribution in [0.1, 0.15) is 52.2 Å². The number of amides is 3. The van der Waals surface area contributed by atoms with Crippen LogP contribution < -0.4 is 21.3 Å². The number of carbonyl (C=O) groups excluding carboxylic acids is 3. The Labute approximate surface area is 198 Å². The zero-order valence-electron chi connectivity index (χ0n) is 18.8. The summed E-state index contributed by atoms with van der Waals surface area (Å²) in [5, 5.41) is 11.7. The molecule has 3 aromatic rings. The smallest absolute Gasteiger partial charge is 0.253 e. The van der Waals surface area contributed by atoms with Gasteiger partial charge in [0.1, 0.15) is 5.76 Å². The highest BCUT2D eigenvalue weighted by molar-refractivity contribution is 6.05. The van der Waals surface area contributed by atoms with Crippen LogP contribution in [0.15, 0.2) is 71.3 Å². The highest BCUT2D eigenvalue weighted by Gasteiger charge is 2.20. The summed E-state index contributed by atoms with van der Waals surface area (Å²) in [6, 6.07) is 17.6. The first-order valence-corrected chi connectivity index (χ1v) is 11.4. The Morgan fingerprint density at radius 1 is 0.824 bits per heavy atom. The number of nitrogens with one attached hydrogen (secondary N) is 4. The fourth-order valence-corrected chi connectivity index (χ4v) is 4.00. The molecule has 1 aliphatic rings. The molecule has 1 aromatic heterocycles. The van der Waals surface area contributed by atoms with E-state index in [1.165, 1.54) is 0 Å². The van der Waals surface area contributed by atoms with Crippen molar-refractivity contribution in [2.24, 2.45) is 0 Å². The molecule has 0 bridgehead atoms. The van der Waals surface area contributed by atoms with E-state index in [2.05, 4.69) is 21.3 Å². The molecule has 0 unspecified atom stereocenters. The number of hydrogen-bond acceptors (Lipinski definition) is 5. The summed E-state index contributed by atoms with van der Waals surface area (Å²) in [5.74, 6) is -0.149. The average molecular weight is 461 g/mol. The molecule has 0 spiro atoms. The maximum atomic E-state index is 12.7. The molecule has 176 valence electrons. The van der Waals surface area contributed by atoms with Crippen molar-refractivity contribution in [3.05, 3.63) is 83.8 Å². The average Bonchev–Trinajstić information content (AvgIpc) is 3.56. The number of hydrogen-bond donors (Lipinski definition) is 4. The molecular weight excluding hydrogens is 432 g/mol. The fourth-order valence-electron chi connectivity index (χ4n) is 4.00. The van der Waals surface area contributed by atoms with Gasteiger partial charge in [0.25, 0.3) is 11.8 Å². The van der Waals surface area contributed by atoms with Gasteiger partial charge in [0.2, 0.25) is 5.91 Å². The van der Waals surface area contributed by atoms with E-state index in [1.807, 2.05) is 0 Å². The van der Waals surface area contributed by atoms with Crippen molar-refractivity contribution >= 4 is 29.1 Å². The third kappa shape index (κ3) is 6.04. The highest BCUT2D eigenvalue weighted by Crippen LogP contribution is 2.21. The predicted molar refractivity (Wildman–Crippen MR) is 130 cm³/mol. The number of anilines is 2. The minimum atomic E-state index is -0.327. The Bertz CT molecular complexity index is 1140. The summed E-state index contributed by atoms with van der Waals surface area (Å²) < 4.78 is 5.24. The van der Waals surface area contributed by atoms with Gasteiger partial charge < -0.3 is 25.7 Å². The third-order valence-corrected chi connectivity index (χ3v) is 5.75. The van der Waals surface area contributed by atoms with E-state index in [4.69, 9.17) is 4.42 Å². The molecule has 4 rings (SSSR count). The SMILES string of the molecule is O=C(CNc1ccccc1C(=O)NCc1ccco1)Nc1ccccc1C(=O)NC1CCCC1. The monoisotopic (exact) mass is 460 g/mol. The number of rotatable bonds is 9. The van der Waals surface area contributed by atoms with Gasteiger partial charge in [0.15, 0.2) is 0 Å². The third-order valence-electron chi connectivity index (χ3n) is 5.75. The molecule has 1 saturated carbocycles. The lowest BCUT2D eigenvalue weighted by atomic mass is 10.1. The second kappa shape index (κ2) is 11.2. The van der Waals surface area contributed by atoms with Crippen LogP contribution in [0.5, 0.6) is 0 Å². The van der Waals surface area contributed by atoms with Crippen LogP contribution in [0.4, 0.5) is 11.4 Å². The number of benzene rings is 2. The molecule has 0 atom stereocenters. The first kappa shape index (κ1) is 23.1. The number of para-hydroxylation sites is 2. The van der Waals surface area contributed by atoms with E-state index in [0.29, 0.717) is 28.3 Å². The van der Waals surface area contributed by atoms with Crippen LogP contribution in [0.3, 0.4) is 0 Å². The lowest BCUT2D eigenvalue weighted by Crippen LogP contribution is -2.33. The van der Waals surface area contributed by atoms with Gasteiger partial charge in [-0.05, 0) is 49.2 Å². The van der Waals surface area contributed by atoms with Crippen LogP contribution in [-0.2, 0) is 11.3 Å². The van der Waals surface area contributed by atoms with E-state index >= 15 is 0 Å². The predicted octanol–water partition coefficient (Wildman–Crippen LogP) is 3.93. The lowest BCUT2D eigenvalue weighted by Gasteiger charge is -2.16. The second-order valence-corrected chi connectivity index (χ2v) is 8.21.